The minimum atomic E-state index is -0.331. The third kappa shape index (κ3) is 4.96. The molecule has 0 spiro atoms. The summed E-state index contributed by atoms with van der Waals surface area (Å²) in [4.78, 5) is 18.9. The van der Waals surface area contributed by atoms with Gasteiger partial charge in [-0.05, 0) is 55.3 Å². The highest BCUT2D eigenvalue weighted by molar-refractivity contribution is 6.42. The van der Waals surface area contributed by atoms with Crippen LogP contribution in [-0.2, 0) is 16.8 Å². The molecule has 0 unspecified atom stereocenters. The number of aromatic nitrogens is 1. The predicted octanol–water partition coefficient (Wildman–Crippen LogP) is 5.77. The number of piperidine rings is 1. The van der Waals surface area contributed by atoms with Gasteiger partial charge in [-0.1, -0.05) is 53.5 Å². The van der Waals surface area contributed by atoms with E-state index in [1.54, 1.807) is 29.3 Å². The largest absolute Gasteiger partial charge is 0.313 e. The summed E-state index contributed by atoms with van der Waals surface area (Å²) < 4.78 is 14.0. The summed E-state index contributed by atoms with van der Waals surface area (Å²) in [7, 11) is 0. The molecule has 0 bridgehead atoms. The number of benzene rings is 2. The molecular weight excluding hydrogens is 448 g/mol. The maximum Gasteiger partial charge on any atom is 0.228 e. The van der Waals surface area contributed by atoms with Crippen LogP contribution in [0.15, 0.2) is 66.9 Å². The van der Waals surface area contributed by atoms with E-state index in [1.165, 1.54) is 6.07 Å². The van der Waals surface area contributed by atoms with Gasteiger partial charge in [0.15, 0.2) is 0 Å². The molecule has 0 saturated carbocycles. The molecule has 1 amide bonds. The van der Waals surface area contributed by atoms with Crippen LogP contribution in [0.25, 0.3) is 0 Å². The zero-order valence-corrected chi connectivity index (χ0v) is 19.0. The summed E-state index contributed by atoms with van der Waals surface area (Å²) in [6, 6.07) is 18.0. The van der Waals surface area contributed by atoms with Crippen molar-refractivity contribution in [2.24, 2.45) is 0 Å². The highest BCUT2D eigenvalue weighted by atomic mass is 35.5. The van der Waals surface area contributed by atoms with Gasteiger partial charge in [-0.2, -0.15) is 0 Å². The number of pyridine rings is 1. The molecule has 1 aliphatic rings. The van der Waals surface area contributed by atoms with Crippen LogP contribution in [-0.4, -0.2) is 24.0 Å². The molecule has 1 N–H and O–H groups in total. The molecule has 1 atom stereocenters. The van der Waals surface area contributed by atoms with Crippen LogP contribution in [0.2, 0.25) is 10.0 Å². The lowest BCUT2D eigenvalue weighted by molar-refractivity contribution is -0.120. The van der Waals surface area contributed by atoms with E-state index < -0.39 is 0 Å². The minimum absolute atomic E-state index is 0.0544. The van der Waals surface area contributed by atoms with Crippen LogP contribution in [0.5, 0.6) is 0 Å². The molecule has 1 saturated heterocycles. The number of hydrogen-bond acceptors (Lipinski definition) is 3. The Morgan fingerprint density at radius 3 is 2.62 bits per heavy atom. The lowest BCUT2D eigenvalue weighted by atomic mass is 9.71. The summed E-state index contributed by atoms with van der Waals surface area (Å²) in [5.41, 5.74) is 1.33. The molecule has 4 rings (SSSR count). The number of nitrogens with zero attached hydrogens (tertiary/aromatic N) is 2. The number of amides is 1. The van der Waals surface area contributed by atoms with Crippen molar-refractivity contribution in [2.45, 2.75) is 31.2 Å². The van der Waals surface area contributed by atoms with Crippen LogP contribution in [0, 0.1) is 5.82 Å². The van der Waals surface area contributed by atoms with Crippen molar-refractivity contribution in [1.29, 1.82) is 0 Å². The Kier molecular flexibility index (Phi) is 7.09. The van der Waals surface area contributed by atoms with E-state index in [0.717, 1.165) is 12.0 Å². The van der Waals surface area contributed by atoms with Gasteiger partial charge in [-0.25, -0.2) is 9.37 Å². The molecule has 2 heterocycles. The first kappa shape index (κ1) is 22.7. The first-order chi connectivity index (χ1) is 15.5. The fraction of sp³-hybridized carbons (Fsp3) is 0.280. The summed E-state index contributed by atoms with van der Waals surface area (Å²) in [6.45, 7) is 1.58. The lowest BCUT2D eigenvalue weighted by Gasteiger charge is -2.43. The Labute approximate surface area is 197 Å². The highest BCUT2D eigenvalue weighted by Gasteiger charge is 2.41. The van der Waals surface area contributed by atoms with Crippen LogP contribution >= 0.6 is 23.2 Å². The van der Waals surface area contributed by atoms with Crippen molar-refractivity contribution >= 4 is 34.9 Å². The SMILES string of the molecule is O=C1CC[C@](CCNCc2ccccc2F)(c2ccc(Cl)c(Cl)c2)CN1c1ccccn1. The van der Waals surface area contributed by atoms with E-state index in [1.807, 2.05) is 36.4 Å². The second-order valence-electron chi connectivity index (χ2n) is 8.10. The van der Waals surface area contributed by atoms with Crippen molar-refractivity contribution in [3.8, 4) is 0 Å². The van der Waals surface area contributed by atoms with E-state index in [-0.39, 0.29) is 17.1 Å². The molecule has 32 heavy (non-hydrogen) atoms. The normalized spacial score (nSPS) is 18.7. The molecule has 1 aliphatic heterocycles. The molecule has 4 nitrogen and oxygen atoms in total. The van der Waals surface area contributed by atoms with E-state index >= 15 is 0 Å². The van der Waals surface area contributed by atoms with Crippen LogP contribution < -0.4 is 10.2 Å². The first-order valence-corrected chi connectivity index (χ1v) is 11.4. The van der Waals surface area contributed by atoms with Crippen LogP contribution in [0.4, 0.5) is 10.2 Å². The molecule has 7 heteroatoms. The van der Waals surface area contributed by atoms with Gasteiger partial charge in [0.05, 0.1) is 10.0 Å². The number of halogens is 3. The van der Waals surface area contributed by atoms with Crippen molar-refractivity contribution in [1.82, 2.24) is 10.3 Å². The Balaban J connectivity index is 1.57. The Morgan fingerprint density at radius 2 is 1.88 bits per heavy atom. The van der Waals surface area contributed by atoms with Crippen molar-refractivity contribution in [2.75, 3.05) is 18.0 Å². The second kappa shape index (κ2) is 9.99. The van der Waals surface area contributed by atoms with Gasteiger partial charge in [-0.15, -0.1) is 0 Å². The fourth-order valence-electron chi connectivity index (χ4n) is 4.28. The zero-order chi connectivity index (χ0) is 22.6. The molecule has 0 aliphatic carbocycles. The fourth-order valence-corrected chi connectivity index (χ4v) is 4.57. The molecular formula is C25H24Cl2FN3O. The number of nitrogens with one attached hydrogen (secondary N) is 1. The maximum atomic E-state index is 14.0. The van der Waals surface area contributed by atoms with Gasteiger partial charge >= 0.3 is 0 Å². The summed E-state index contributed by atoms with van der Waals surface area (Å²) in [6.07, 6.45) is 3.53. The number of anilines is 1. The topological polar surface area (TPSA) is 45.2 Å². The average Bonchev–Trinajstić information content (AvgIpc) is 2.81. The van der Waals surface area contributed by atoms with Gasteiger partial charge in [0.2, 0.25) is 5.91 Å². The Bertz CT molecular complexity index is 1100. The first-order valence-electron chi connectivity index (χ1n) is 10.6. The molecule has 2 aromatic carbocycles. The van der Waals surface area contributed by atoms with E-state index in [9.17, 15) is 9.18 Å². The number of carbonyl (C=O) groups is 1. The van der Waals surface area contributed by atoms with Gasteiger partial charge in [0.25, 0.3) is 0 Å². The monoisotopic (exact) mass is 471 g/mol. The van der Waals surface area contributed by atoms with Crippen LogP contribution in [0.3, 0.4) is 0 Å². The smallest absolute Gasteiger partial charge is 0.228 e. The van der Waals surface area contributed by atoms with Gasteiger partial charge in [0, 0.05) is 36.7 Å². The molecule has 1 aromatic heterocycles. The van der Waals surface area contributed by atoms with E-state index in [2.05, 4.69) is 10.3 Å². The number of hydrogen-bond donors (Lipinski definition) is 1. The lowest BCUT2D eigenvalue weighted by Crippen LogP contribution is -2.50. The average molecular weight is 472 g/mol. The Morgan fingerprint density at radius 1 is 1.06 bits per heavy atom. The number of carbonyl (C=O) groups excluding carboxylic acids is 1. The number of rotatable bonds is 7. The zero-order valence-electron chi connectivity index (χ0n) is 17.5. The molecule has 0 radical (unpaired) electrons. The van der Waals surface area contributed by atoms with Gasteiger partial charge in [-0.3, -0.25) is 9.69 Å². The van der Waals surface area contributed by atoms with Crippen molar-refractivity contribution < 1.29 is 9.18 Å². The van der Waals surface area contributed by atoms with Gasteiger partial charge in [0.1, 0.15) is 11.6 Å². The predicted molar refractivity (Wildman–Crippen MR) is 127 cm³/mol. The molecule has 166 valence electrons. The van der Waals surface area contributed by atoms with Crippen LogP contribution in [0.1, 0.15) is 30.4 Å². The summed E-state index contributed by atoms with van der Waals surface area (Å²) >= 11 is 12.5. The third-order valence-electron chi connectivity index (χ3n) is 6.09. The highest BCUT2D eigenvalue weighted by Crippen LogP contribution is 2.40. The summed E-state index contributed by atoms with van der Waals surface area (Å²) in [5.74, 6) is 0.475. The molecule has 3 aromatic rings. The van der Waals surface area contributed by atoms with Gasteiger partial charge < -0.3 is 5.32 Å². The third-order valence-corrected chi connectivity index (χ3v) is 6.83. The van der Waals surface area contributed by atoms with Crippen molar-refractivity contribution in [3.05, 3.63) is 93.8 Å². The minimum Gasteiger partial charge on any atom is -0.313 e. The maximum absolute atomic E-state index is 14.0. The second-order valence-corrected chi connectivity index (χ2v) is 8.91. The summed E-state index contributed by atoms with van der Waals surface area (Å²) in [5, 5.41) is 4.34. The van der Waals surface area contributed by atoms with E-state index in [0.29, 0.717) is 53.9 Å². The molecule has 1 fully saturated rings. The standard InChI is InChI=1S/C25H24Cl2FN3O/c26-20-9-8-19(15-21(20)27)25(12-14-29-16-18-5-1-2-6-22(18)28)11-10-24(32)31(17-25)23-7-3-4-13-30-23/h1-9,13,15,29H,10-12,14,16-17H2/t25-/m1/s1. The van der Waals surface area contributed by atoms with Crippen molar-refractivity contribution in [3.63, 3.8) is 0 Å². The quantitative estimate of drug-likeness (QED) is 0.444. The Hall–Kier alpha value is -2.47. The van der Waals surface area contributed by atoms with E-state index in [4.69, 9.17) is 23.2 Å².